The SMILES string of the molecule is CCCC1CN(Cc2cc(OC)ccc2Br)C(CC)CN1. The summed E-state index contributed by atoms with van der Waals surface area (Å²) in [6.45, 7) is 7.76. The largest absolute Gasteiger partial charge is 0.497 e. The monoisotopic (exact) mass is 354 g/mol. The molecule has 2 atom stereocenters. The predicted octanol–water partition coefficient (Wildman–Crippen LogP) is 3.81. The van der Waals surface area contributed by atoms with Crippen LogP contribution in [0.3, 0.4) is 0 Å². The van der Waals surface area contributed by atoms with Gasteiger partial charge >= 0.3 is 0 Å². The summed E-state index contributed by atoms with van der Waals surface area (Å²) in [7, 11) is 1.73. The molecule has 0 radical (unpaired) electrons. The fraction of sp³-hybridized carbons (Fsp3) is 0.647. The van der Waals surface area contributed by atoms with Crippen LogP contribution < -0.4 is 10.1 Å². The molecule has 0 bridgehead atoms. The molecule has 1 aliphatic heterocycles. The van der Waals surface area contributed by atoms with Gasteiger partial charge in [-0.15, -0.1) is 0 Å². The normalized spacial score (nSPS) is 23.2. The molecule has 2 unspecified atom stereocenters. The van der Waals surface area contributed by atoms with E-state index >= 15 is 0 Å². The van der Waals surface area contributed by atoms with Crippen molar-refractivity contribution in [2.45, 2.75) is 51.7 Å². The van der Waals surface area contributed by atoms with Crippen LogP contribution in [0.1, 0.15) is 38.7 Å². The van der Waals surface area contributed by atoms with Gasteiger partial charge in [-0.3, -0.25) is 4.90 Å². The van der Waals surface area contributed by atoms with Crippen molar-refractivity contribution in [3.05, 3.63) is 28.2 Å². The molecule has 0 amide bonds. The van der Waals surface area contributed by atoms with Crippen LogP contribution in [-0.2, 0) is 6.54 Å². The number of piperazine rings is 1. The summed E-state index contributed by atoms with van der Waals surface area (Å²) in [6.07, 6.45) is 3.69. The summed E-state index contributed by atoms with van der Waals surface area (Å²) in [6, 6.07) is 7.48. The average Bonchev–Trinajstić information content (AvgIpc) is 2.50. The van der Waals surface area contributed by atoms with E-state index in [9.17, 15) is 0 Å². The van der Waals surface area contributed by atoms with Crippen molar-refractivity contribution in [1.82, 2.24) is 10.2 Å². The van der Waals surface area contributed by atoms with E-state index in [4.69, 9.17) is 4.74 Å². The lowest BCUT2D eigenvalue weighted by molar-refractivity contribution is 0.115. The third-order valence-corrected chi connectivity index (χ3v) is 5.12. The van der Waals surface area contributed by atoms with Crippen molar-refractivity contribution in [2.75, 3.05) is 20.2 Å². The highest BCUT2D eigenvalue weighted by molar-refractivity contribution is 9.10. The van der Waals surface area contributed by atoms with Crippen molar-refractivity contribution < 1.29 is 4.74 Å². The number of nitrogens with one attached hydrogen (secondary N) is 1. The van der Waals surface area contributed by atoms with Gasteiger partial charge in [-0.2, -0.15) is 0 Å². The Morgan fingerprint density at radius 2 is 2.19 bits per heavy atom. The molecule has 0 aromatic heterocycles. The van der Waals surface area contributed by atoms with Gasteiger partial charge in [0.2, 0.25) is 0 Å². The van der Waals surface area contributed by atoms with Gasteiger partial charge in [-0.1, -0.05) is 36.2 Å². The van der Waals surface area contributed by atoms with E-state index in [1.54, 1.807) is 7.11 Å². The smallest absolute Gasteiger partial charge is 0.119 e. The van der Waals surface area contributed by atoms with E-state index in [2.05, 4.69) is 52.1 Å². The number of hydrogen-bond acceptors (Lipinski definition) is 3. The topological polar surface area (TPSA) is 24.5 Å². The molecule has 118 valence electrons. The van der Waals surface area contributed by atoms with E-state index in [0.717, 1.165) is 25.4 Å². The van der Waals surface area contributed by atoms with Gasteiger partial charge in [0.15, 0.2) is 0 Å². The van der Waals surface area contributed by atoms with Crippen LogP contribution >= 0.6 is 15.9 Å². The van der Waals surface area contributed by atoms with Crippen molar-refractivity contribution >= 4 is 15.9 Å². The number of hydrogen-bond donors (Lipinski definition) is 1. The van der Waals surface area contributed by atoms with Gasteiger partial charge < -0.3 is 10.1 Å². The highest BCUT2D eigenvalue weighted by Gasteiger charge is 2.26. The van der Waals surface area contributed by atoms with Crippen molar-refractivity contribution in [1.29, 1.82) is 0 Å². The Bertz CT molecular complexity index is 452. The number of halogens is 1. The summed E-state index contributed by atoms with van der Waals surface area (Å²) >= 11 is 3.68. The minimum Gasteiger partial charge on any atom is -0.497 e. The van der Waals surface area contributed by atoms with Crippen LogP contribution in [0.4, 0.5) is 0 Å². The van der Waals surface area contributed by atoms with Gasteiger partial charge in [0.1, 0.15) is 5.75 Å². The fourth-order valence-corrected chi connectivity index (χ4v) is 3.46. The Labute approximate surface area is 137 Å². The molecule has 4 heteroatoms. The van der Waals surface area contributed by atoms with Crippen molar-refractivity contribution in [3.8, 4) is 5.75 Å². The maximum absolute atomic E-state index is 5.36. The Morgan fingerprint density at radius 3 is 2.86 bits per heavy atom. The Hall–Kier alpha value is -0.580. The summed E-state index contributed by atoms with van der Waals surface area (Å²) in [5.41, 5.74) is 1.31. The van der Waals surface area contributed by atoms with Crippen LogP contribution in [0.5, 0.6) is 5.75 Å². The summed E-state index contributed by atoms with van der Waals surface area (Å²) < 4.78 is 6.53. The third kappa shape index (κ3) is 4.44. The highest BCUT2D eigenvalue weighted by Crippen LogP contribution is 2.26. The lowest BCUT2D eigenvalue weighted by atomic mass is 10.0. The number of rotatable bonds is 6. The molecule has 0 saturated carbocycles. The van der Waals surface area contributed by atoms with Crippen LogP contribution in [0.2, 0.25) is 0 Å². The molecule has 1 saturated heterocycles. The zero-order valence-corrected chi connectivity index (χ0v) is 14.9. The second-order valence-corrected chi connectivity index (χ2v) is 6.70. The summed E-state index contributed by atoms with van der Waals surface area (Å²) in [4.78, 5) is 2.62. The average molecular weight is 355 g/mol. The Kier molecular flexibility index (Phi) is 6.52. The molecule has 1 N–H and O–H groups in total. The van der Waals surface area contributed by atoms with Gasteiger partial charge in [-0.25, -0.2) is 0 Å². The fourth-order valence-electron chi connectivity index (χ4n) is 3.08. The lowest BCUT2D eigenvalue weighted by Crippen LogP contribution is -2.55. The lowest BCUT2D eigenvalue weighted by Gasteiger charge is -2.40. The molecule has 3 nitrogen and oxygen atoms in total. The number of methoxy groups -OCH3 is 1. The first-order chi connectivity index (χ1) is 10.2. The van der Waals surface area contributed by atoms with Crippen molar-refractivity contribution in [2.24, 2.45) is 0 Å². The minimum atomic E-state index is 0.621. The third-order valence-electron chi connectivity index (χ3n) is 4.35. The molecule has 0 aliphatic carbocycles. The van der Waals surface area contributed by atoms with E-state index in [1.165, 1.54) is 29.3 Å². The standard InChI is InChI=1S/C17H27BrN2O/c1-4-6-14-12-20(15(5-2)10-19-14)11-13-9-16(21-3)7-8-17(13)18/h7-9,14-15,19H,4-6,10-12H2,1-3H3. The highest BCUT2D eigenvalue weighted by atomic mass is 79.9. The first-order valence-corrected chi connectivity index (χ1v) is 8.77. The zero-order chi connectivity index (χ0) is 15.2. The van der Waals surface area contributed by atoms with E-state index in [-0.39, 0.29) is 0 Å². The molecule has 1 aliphatic rings. The first-order valence-electron chi connectivity index (χ1n) is 7.97. The summed E-state index contributed by atoms with van der Waals surface area (Å²) in [5.74, 6) is 0.932. The number of benzene rings is 1. The van der Waals surface area contributed by atoms with E-state index in [0.29, 0.717) is 12.1 Å². The molecule has 21 heavy (non-hydrogen) atoms. The summed E-state index contributed by atoms with van der Waals surface area (Å²) in [5, 5.41) is 3.70. The molecular weight excluding hydrogens is 328 g/mol. The van der Waals surface area contributed by atoms with Gasteiger partial charge in [0.25, 0.3) is 0 Å². The predicted molar refractivity (Wildman–Crippen MR) is 91.9 cm³/mol. The van der Waals surface area contributed by atoms with Crippen LogP contribution in [0.25, 0.3) is 0 Å². The maximum Gasteiger partial charge on any atom is 0.119 e. The first kappa shape index (κ1) is 16.8. The second kappa shape index (κ2) is 8.16. The maximum atomic E-state index is 5.36. The van der Waals surface area contributed by atoms with Gasteiger partial charge in [0.05, 0.1) is 7.11 Å². The molecule has 1 fully saturated rings. The number of ether oxygens (including phenoxy) is 1. The van der Waals surface area contributed by atoms with Crippen LogP contribution in [0, 0.1) is 0 Å². The van der Waals surface area contributed by atoms with Gasteiger partial charge in [0, 0.05) is 36.2 Å². The van der Waals surface area contributed by atoms with E-state index in [1.807, 2.05) is 6.07 Å². The van der Waals surface area contributed by atoms with Crippen molar-refractivity contribution in [3.63, 3.8) is 0 Å². The molecule has 1 aromatic carbocycles. The number of nitrogens with zero attached hydrogens (tertiary/aromatic N) is 1. The quantitative estimate of drug-likeness (QED) is 0.840. The molecule has 1 heterocycles. The minimum absolute atomic E-state index is 0.621. The van der Waals surface area contributed by atoms with E-state index < -0.39 is 0 Å². The molecule has 0 spiro atoms. The molecule has 2 rings (SSSR count). The Morgan fingerprint density at radius 1 is 1.38 bits per heavy atom. The molecule has 1 aromatic rings. The zero-order valence-electron chi connectivity index (χ0n) is 13.4. The van der Waals surface area contributed by atoms with Crippen LogP contribution in [0.15, 0.2) is 22.7 Å². The van der Waals surface area contributed by atoms with Crippen LogP contribution in [-0.4, -0.2) is 37.2 Å². The Balaban J connectivity index is 2.10. The molecular formula is C17H27BrN2O. The van der Waals surface area contributed by atoms with Gasteiger partial charge in [-0.05, 0) is 36.6 Å². The second-order valence-electron chi connectivity index (χ2n) is 5.84.